The number of carboxylic acids is 1. The molecule has 1 unspecified atom stereocenters. The highest BCUT2D eigenvalue weighted by atomic mass is 32.1. The smallest absolute Gasteiger partial charge is 0.308 e. The third-order valence-corrected chi connectivity index (χ3v) is 4.91. The van der Waals surface area contributed by atoms with Gasteiger partial charge in [0.2, 0.25) is 0 Å². The number of aliphatic carboxylic acids is 1. The summed E-state index contributed by atoms with van der Waals surface area (Å²) < 4.78 is 0. The molecule has 0 aliphatic carbocycles. The van der Waals surface area contributed by atoms with Crippen LogP contribution >= 0.6 is 11.3 Å². The van der Waals surface area contributed by atoms with Gasteiger partial charge in [-0.25, -0.2) is 4.98 Å². The molecule has 0 aliphatic rings. The Morgan fingerprint density at radius 2 is 2.00 bits per heavy atom. The van der Waals surface area contributed by atoms with Gasteiger partial charge in [0.05, 0.1) is 10.8 Å². The van der Waals surface area contributed by atoms with Crippen LogP contribution in [0, 0.1) is 26.7 Å². The number of aryl methyl sites for hydroxylation is 3. The molecule has 0 aromatic carbocycles. The third-order valence-electron chi connectivity index (χ3n) is 3.74. The average Bonchev–Trinajstić information content (AvgIpc) is 2.74. The maximum absolute atomic E-state index is 12.6. The van der Waals surface area contributed by atoms with E-state index in [1.165, 1.54) is 16.2 Å². The molecule has 2 aromatic rings. The predicted molar refractivity (Wildman–Crippen MR) is 87.6 cm³/mol. The lowest BCUT2D eigenvalue weighted by atomic mass is 10.1. The van der Waals surface area contributed by atoms with Crippen molar-refractivity contribution in [3.63, 3.8) is 0 Å². The molecule has 1 N–H and O–H groups in total. The normalized spacial score (nSPS) is 12.4. The lowest BCUT2D eigenvalue weighted by molar-refractivity contribution is -0.141. The molecule has 6 heteroatoms. The van der Waals surface area contributed by atoms with Crippen LogP contribution in [-0.4, -0.2) is 40.5 Å². The summed E-state index contributed by atoms with van der Waals surface area (Å²) in [6, 6.07) is 2.01. The monoisotopic (exact) mass is 320 g/mol. The molecule has 0 aliphatic heterocycles. The maximum Gasteiger partial charge on any atom is 0.308 e. The Morgan fingerprint density at radius 3 is 2.59 bits per heavy atom. The SMILES string of the molecule is Cc1cc(C)c2c(C)c(C(=O)N(C)CC(C)C(=O)O)sc2n1. The first-order valence-corrected chi connectivity index (χ1v) is 7.89. The number of aromatic nitrogens is 1. The zero-order valence-electron chi connectivity index (χ0n) is 13.4. The fourth-order valence-corrected chi connectivity index (χ4v) is 3.87. The van der Waals surface area contributed by atoms with Gasteiger partial charge in [-0.1, -0.05) is 6.92 Å². The third kappa shape index (κ3) is 2.97. The summed E-state index contributed by atoms with van der Waals surface area (Å²) in [5.74, 6) is -1.64. The Bertz CT molecular complexity index is 751. The van der Waals surface area contributed by atoms with Crippen LogP contribution in [-0.2, 0) is 4.79 Å². The summed E-state index contributed by atoms with van der Waals surface area (Å²) >= 11 is 1.37. The summed E-state index contributed by atoms with van der Waals surface area (Å²) in [5.41, 5.74) is 2.96. The minimum atomic E-state index is -0.902. The van der Waals surface area contributed by atoms with E-state index in [1.807, 2.05) is 26.8 Å². The average molecular weight is 320 g/mol. The first-order chi connectivity index (χ1) is 10.2. The van der Waals surface area contributed by atoms with Crippen LogP contribution in [0.1, 0.15) is 33.4 Å². The van der Waals surface area contributed by atoms with E-state index in [1.54, 1.807) is 14.0 Å². The van der Waals surface area contributed by atoms with Crippen molar-refractivity contribution in [1.29, 1.82) is 0 Å². The second-order valence-electron chi connectivity index (χ2n) is 5.74. The lowest BCUT2D eigenvalue weighted by Crippen LogP contribution is -2.33. The summed E-state index contributed by atoms with van der Waals surface area (Å²) in [6.07, 6.45) is 0. The zero-order chi connectivity index (χ0) is 16.6. The summed E-state index contributed by atoms with van der Waals surface area (Å²) in [6.45, 7) is 7.65. The number of carbonyl (C=O) groups excluding carboxylic acids is 1. The van der Waals surface area contributed by atoms with Gasteiger partial charge in [0.25, 0.3) is 5.91 Å². The molecule has 5 nitrogen and oxygen atoms in total. The fourth-order valence-electron chi connectivity index (χ4n) is 2.57. The van der Waals surface area contributed by atoms with Crippen molar-refractivity contribution in [3.05, 3.63) is 27.8 Å². The van der Waals surface area contributed by atoms with E-state index >= 15 is 0 Å². The standard InChI is InChI=1S/C16H20N2O3S/c1-8-6-10(3)17-14-12(8)11(4)13(22-14)15(19)18(5)7-9(2)16(20)21/h6,9H,7H2,1-5H3,(H,20,21). The largest absolute Gasteiger partial charge is 0.481 e. The summed E-state index contributed by atoms with van der Waals surface area (Å²) in [4.78, 5) is 31.0. The molecule has 1 atom stereocenters. The quantitative estimate of drug-likeness (QED) is 0.940. The second kappa shape index (κ2) is 6.04. The Balaban J connectivity index is 2.38. The Morgan fingerprint density at radius 1 is 1.36 bits per heavy atom. The number of hydrogen-bond acceptors (Lipinski definition) is 4. The van der Waals surface area contributed by atoms with Gasteiger partial charge in [-0.3, -0.25) is 9.59 Å². The number of fused-ring (bicyclic) bond motifs is 1. The highest BCUT2D eigenvalue weighted by Gasteiger charge is 2.23. The predicted octanol–water partition coefficient (Wildman–Crippen LogP) is 3.01. The van der Waals surface area contributed by atoms with E-state index < -0.39 is 11.9 Å². The van der Waals surface area contributed by atoms with Gasteiger partial charge in [-0.05, 0) is 38.0 Å². The Labute approximate surface area is 133 Å². The van der Waals surface area contributed by atoms with Gasteiger partial charge in [0.15, 0.2) is 0 Å². The molecule has 22 heavy (non-hydrogen) atoms. The van der Waals surface area contributed by atoms with Crippen molar-refractivity contribution < 1.29 is 14.7 Å². The molecular formula is C16H20N2O3S. The van der Waals surface area contributed by atoms with Gasteiger partial charge >= 0.3 is 5.97 Å². The van der Waals surface area contributed by atoms with Crippen molar-refractivity contribution in [3.8, 4) is 0 Å². The van der Waals surface area contributed by atoms with E-state index in [-0.39, 0.29) is 12.5 Å². The summed E-state index contributed by atoms with van der Waals surface area (Å²) in [7, 11) is 1.64. The first kappa shape index (κ1) is 16.4. The molecule has 0 saturated heterocycles. The molecule has 2 aromatic heterocycles. The number of thiophene rings is 1. The minimum Gasteiger partial charge on any atom is -0.481 e. The van der Waals surface area contributed by atoms with Crippen LogP contribution in [0.2, 0.25) is 0 Å². The fraction of sp³-hybridized carbons (Fsp3) is 0.438. The van der Waals surface area contributed by atoms with Crippen LogP contribution in [0.15, 0.2) is 6.07 Å². The molecule has 0 saturated carbocycles. The molecule has 0 bridgehead atoms. The number of amides is 1. The number of rotatable bonds is 4. The maximum atomic E-state index is 12.6. The summed E-state index contributed by atoms with van der Waals surface area (Å²) in [5, 5.41) is 10.0. The van der Waals surface area contributed by atoms with Crippen LogP contribution in [0.3, 0.4) is 0 Å². The van der Waals surface area contributed by atoms with Crippen LogP contribution in [0.25, 0.3) is 10.2 Å². The number of pyridine rings is 1. The first-order valence-electron chi connectivity index (χ1n) is 7.08. The van der Waals surface area contributed by atoms with Crippen molar-refractivity contribution in [1.82, 2.24) is 9.88 Å². The van der Waals surface area contributed by atoms with Crippen LogP contribution in [0.5, 0.6) is 0 Å². The van der Waals surface area contributed by atoms with Gasteiger partial charge in [0.1, 0.15) is 4.83 Å². The van der Waals surface area contributed by atoms with Gasteiger partial charge in [0, 0.05) is 24.7 Å². The Kier molecular flexibility index (Phi) is 4.51. The zero-order valence-corrected chi connectivity index (χ0v) is 14.2. The van der Waals surface area contributed by atoms with Crippen molar-refractivity contribution >= 4 is 33.4 Å². The van der Waals surface area contributed by atoms with Crippen molar-refractivity contribution in [2.45, 2.75) is 27.7 Å². The second-order valence-corrected chi connectivity index (χ2v) is 6.74. The van der Waals surface area contributed by atoms with E-state index in [4.69, 9.17) is 5.11 Å². The van der Waals surface area contributed by atoms with Gasteiger partial charge < -0.3 is 10.0 Å². The molecule has 2 heterocycles. The van der Waals surface area contributed by atoms with E-state index in [2.05, 4.69) is 4.98 Å². The van der Waals surface area contributed by atoms with Crippen molar-refractivity contribution in [2.75, 3.05) is 13.6 Å². The Hall–Kier alpha value is -1.95. The van der Waals surface area contributed by atoms with E-state index in [0.29, 0.717) is 4.88 Å². The highest BCUT2D eigenvalue weighted by Crippen LogP contribution is 2.32. The topological polar surface area (TPSA) is 70.5 Å². The molecule has 2 rings (SSSR count). The van der Waals surface area contributed by atoms with Gasteiger partial charge in [-0.2, -0.15) is 0 Å². The van der Waals surface area contributed by atoms with E-state index in [9.17, 15) is 9.59 Å². The lowest BCUT2D eigenvalue weighted by Gasteiger charge is -2.19. The minimum absolute atomic E-state index is 0.148. The van der Waals surface area contributed by atoms with Crippen LogP contribution in [0.4, 0.5) is 0 Å². The number of hydrogen-bond donors (Lipinski definition) is 1. The number of nitrogens with zero attached hydrogens (tertiary/aromatic N) is 2. The molecular weight excluding hydrogens is 300 g/mol. The highest BCUT2D eigenvalue weighted by molar-refractivity contribution is 7.20. The molecule has 118 valence electrons. The molecule has 0 fully saturated rings. The van der Waals surface area contributed by atoms with E-state index in [0.717, 1.165) is 27.0 Å². The molecule has 1 amide bonds. The molecule has 0 spiro atoms. The number of carboxylic acid groups (broad SMARTS) is 1. The number of carbonyl (C=O) groups is 2. The van der Waals surface area contributed by atoms with Crippen molar-refractivity contribution in [2.24, 2.45) is 5.92 Å². The van der Waals surface area contributed by atoms with Gasteiger partial charge in [-0.15, -0.1) is 11.3 Å². The van der Waals surface area contributed by atoms with Crippen LogP contribution < -0.4 is 0 Å². The molecule has 0 radical (unpaired) electrons.